The van der Waals surface area contributed by atoms with Crippen LogP contribution in [0.15, 0.2) is 29.2 Å². The molecule has 1 aliphatic heterocycles. The Bertz CT molecular complexity index is 886. The zero-order valence-corrected chi connectivity index (χ0v) is 17.1. The van der Waals surface area contributed by atoms with Crippen molar-refractivity contribution in [1.29, 1.82) is 0 Å². The number of carbonyl (C=O) groups is 1. The van der Waals surface area contributed by atoms with Crippen molar-refractivity contribution in [2.75, 3.05) is 25.0 Å². The van der Waals surface area contributed by atoms with Crippen molar-refractivity contribution in [2.45, 2.75) is 38.0 Å². The van der Waals surface area contributed by atoms with Gasteiger partial charge in [0.25, 0.3) is 0 Å². The van der Waals surface area contributed by atoms with Crippen LogP contribution in [0.2, 0.25) is 0 Å². The van der Waals surface area contributed by atoms with Crippen LogP contribution < -0.4 is 5.32 Å². The molecular formula is C18H24N4O3S2. The van der Waals surface area contributed by atoms with E-state index in [0.717, 1.165) is 24.3 Å². The van der Waals surface area contributed by atoms with Crippen molar-refractivity contribution in [2.24, 2.45) is 5.92 Å². The summed E-state index contributed by atoms with van der Waals surface area (Å²) < 4.78 is 26.5. The zero-order chi connectivity index (χ0) is 19.4. The van der Waals surface area contributed by atoms with E-state index in [4.69, 9.17) is 0 Å². The fourth-order valence-corrected chi connectivity index (χ4v) is 5.37. The number of benzene rings is 1. The third kappa shape index (κ3) is 4.91. The Morgan fingerprint density at radius 2 is 1.85 bits per heavy atom. The SMILES string of the molecule is CC(C)Cc1nnc(NCC(=O)c2ccc(S(=O)(=O)N3CCCC3)cc2)s1. The van der Waals surface area contributed by atoms with E-state index in [-0.39, 0.29) is 17.2 Å². The molecule has 7 nitrogen and oxygen atoms in total. The molecule has 0 saturated carbocycles. The minimum atomic E-state index is -3.45. The van der Waals surface area contributed by atoms with E-state index in [2.05, 4.69) is 29.4 Å². The standard InChI is InChI=1S/C18H24N4O3S2/c1-13(2)11-17-20-21-18(26-17)19-12-16(23)14-5-7-15(8-6-14)27(24,25)22-9-3-4-10-22/h5-8,13H,3-4,9-12H2,1-2H3,(H,19,21). The molecule has 1 aromatic carbocycles. The summed E-state index contributed by atoms with van der Waals surface area (Å²) in [4.78, 5) is 12.6. The molecule has 1 fully saturated rings. The van der Waals surface area contributed by atoms with E-state index >= 15 is 0 Å². The van der Waals surface area contributed by atoms with Gasteiger partial charge in [-0.05, 0) is 43.0 Å². The second-order valence-corrected chi connectivity index (χ2v) is 10.0. The molecule has 0 bridgehead atoms. The molecule has 0 radical (unpaired) electrons. The minimum absolute atomic E-state index is 0.0918. The minimum Gasteiger partial charge on any atom is -0.353 e. The molecule has 1 aromatic heterocycles. The van der Waals surface area contributed by atoms with E-state index in [0.29, 0.717) is 29.7 Å². The van der Waals surface area contributed by atoms with Gasteiger partial charge in [0.1, 0.15) is 5.01 Å². The van der Waals surface area contributed by atoms with Gasteiger partial charge in [-0.15, -0.1) is 10.2 Å². The third-order valence-electron chi connectivity index (χ3n) is 4.33. The summed E-state index contributed by atoms with van der Waals surface area (Å²) in [5.41, 5.74) is 0.467. The lowest BCUT2D eigenvalue weighted by Crippen LogP contribution is -2.27. The summed E-state index contributed by atoms with van der Waals surface area (Å²) >= 11 is 1.45. The summed E-state index contributed by atoms with van der Waals surface area (Å²) in [6.45, 7) is 5.45. The van der Waals surface area contributed by atoms with Gasteiger partial charge in [0.2, 0.25) is 15.2 Å². The highest BCUT2D eigenvalue weighted by Gasteiger charge is 2.27. The van der Waals surface area contributed by atoms with Crippen LogP contribution in [0.4, 0.5) is 5.13 Å². The summed E-state index contributed by atoms with van der Waals surface area (Å²) in [5, 5.41) is 12.7. The largest absolute Gasteiger partial charge is 0.353 e. The van der Waals surface area contributed by atoms with Crippen molar-refractivity contribution in [3.05, 3.63) is 34.8 Å². The van der Waals surface area contributed by atoms with Gasteiger partial charge >= 0.3 is 0 Å². The summed E-state index contributed by atoms with van der Waals surface area (Å²) in [7, 11) is -3.45. The molecule has 27 heavy (non-hydrogen) atoms. The molecule has 0 atom stereocenters. The fourth-order valence-electron chi connectivity index (χ4n) is 2.91. The molecular weight excluding hydrogens is 384 g/mol. The molecule has 1 aliphatic rings. The highest BCUT2D eigenvalue weighted by Crippen LogP contribution is 2.22. The number of hydrogen-bond acceptors (Lipinski definition) is 7. The van der Waals surface area contributed by atoms with Gasteiger partial charge in [-0.25, -0.2) is 8.42 Å². The van der Waals surface area contributed by atoms with Gasteiger partial charge < -0.3 is 5.32 Å². The Morgan fingerprint density at radius 1 is 1.19 bits per heavy atom. The quantitative estimate of drug-likeness (QED) is 0.675. The van der Waals surface area contributed by atoms with E-state index in [1.54, 1.807) is 12.1 Å². The van der Waals surface area contributed by atoms with Crippen molar-refractivity contribution >= 4 is 32.3 Å². The molecule has 2 aromatic rings. The smallest absolute Gasteiger partial charge is 0.243 e. The van der Waals surface area contributed by atoms with Crippen LogP contribution in [0.5, 0.6) is 0 Å². The van der Waals surface area contributed by atoms with Gasteiger partial charge in [-0.3, -0.25) is 4.79 Å². The van der Waals surface area contributed by atoms with Crippen molar-refractivity contribution in [3.63, 3.8) is 0 Å². The maximum atomic E-state index is 12.5. The molecule has 0 unspecified atom stereocenters. The number of rotatable bonds is 8. The fraction of sp³-hybridized carbons (Fsp3) is 0.500. The summed E-state index contributed by atoms with van der Waals surface area (Å²) in [6, 6.07) is 6.15. The number of sulfonamides is 1. The topological polar surface area (TPSA) is 92.3 Å². The van der Waals surface area contributed by atoms with E-state index < -0.39 is 10.0 Å². The Kier molecular flexibility index (Phi) is 6.23. The van der Waals surface area contributed by atoms with Crippen LogP contribution in [0, 0.1) is 5.92 Å². The number of hydrogen-bond donors (Lipinski definition) is 1. The third-order valence-corrected chi connectivity index (χ3v) is 7.15. The molecule has 0 aliphatic carbocycles. The highest BCUT2D eigenvalue weighted by molar-refractivity contribution is 7.89. The second kappa shape index (κ2) is 8.45. The first-order chi connectivity index (χ1) is 12.9. The maximum absolute atomic E-state index is 12.5. The predicted molar refractivity (Wildman–Crippen MR) is 106 cm³/mol. The van der Waals surface area contributed by atoms with E-state index in [1.807, 2.05) is 0 Å². The molecule has 2 heterocycles. The maximum Gasteiger partial charge on any atom is 0.243 e. The van der Waals surface area contributed by atoms with Gasteiger partial charge in [0, 0.05) is 25.1 Å². The van der Waals surface area contributed by atoms with E-state index in [9.17, 15) is 13.2 Å². The molecule has 1 N–H and O–H groups in total. The lowest BCUT2D eigenvalue weighted by molar-refractivity contribution is 0.101. The predicted octanol–water partition coefficient (Wildman–Crippen LogP) is 2.82. The van der Waals surface area contributed by atoms with Crippen molar-refractivity contribution in [1.82, 2.24) is 14.5 Å². The summed E-state index contributed by atoms with van der Waals surface area (Å²) in [5.74, 6) is 0.378. The number of anilines is 1. The van der Waals surface area contributed by atoms with Crippen LogP contribution >= 0.6 is 11.3 Å². The molecule has 9 heteroatoms. The number of nitrogens with one attached hydrogen (secondary N) is 1. The van der Waals surface area contributed by atoms with Crippen LogP contribution in [0.3, 0.4) is 0 Å². The van der Waals surface area contributed by atoms with Crippen molar-refractivity contribution < 1.29 is 13.2 Å². The van der Waals surface area contributed by atoms with Gasteiger partial charge in [0.05, 0.1) is 11.4 Å². The van der Waals surface area contributed by atoms with Gasteiger partial charge in [0.15, 0.2) is 5.78 Å². The number of ketones is 1. The average molecular weight is 409 g/mol. The van der Waals surface area contributed by atoms with Crippen LogP contribution in [0.1, 0.15) is 42.1 Å². The molecule has 0 spiro atoms. The van der Waals surface area contributed by atoms with Gasteiger partial charge in [-0.1, -0.05) is 25.2 Å². The Hall–Kier alpha value is -1.84. The average Bonchev–Trinajstić information content (AvgIpc) is 3.31. The molecule has 3 rings (SSSR count). The number of aromatic nitrogens is 2. The number of nitrogens with zero attached hydrogens (tertiary/aromatic N) is 3. The number of carbonyl (C=O) groups excluding carboxylic acids is 1. The Morgan fingerprint density at radius 3 is 2.48 bits per heavy atom. The highest BCUT2D eigenvalue weighted by atomic mass is 32.2. The van der Waals surface area contributed by atoms with Crippen LogP contribution in [-0.4, -0.2) is 48.3 Å². The molecule has 1 saturated heterocycles. The Balaban J connectivity index is 1.60. The molecule has 0 amide bonds. The van der Waals surface area contributed by atoms with Crippen LogP contribution in [-0.2, 0) is 16.4 Å². The van der Waals surface area contributed by atoms with Crippen molar-refractivity contribution in [3.8, 4) is 0 Å². The normalized spacial score (nSPS) is 15.4. The monoisotopic (exact) mass is 408 g/mol. The zero-order valence-electron chi connectivity index (χ0n) is 15.5. The first-order valence-corrected chi connectivity index (χ1v) is 11.3. The summed E-state index contributed by atoms with van der Waals surface area (Å²) in [6.07, 6.45) is 2.65. The molecule has 146 valence electrons. The van der Waals surface area contributed by atoms with E-state index in [1.165, 1.54) is 27.8 Å². The van der Waals surface area contributed by atoms with Gasteiger partial charge in [-0.2, -0.15) is 4.31 Å². The number of Topliss-reactive ketones (excluding diaryl/α,β-unsaturated/α-hetero) is 1. The second-order valence-electron chi connectivity index (χ2n) is 7.01. The first-order valence-electron chi connectivity index (χ1n) is 9.06. The first kappa shape index (κ1) is 19.9. The Labute approximate surface area is 163 Å². The van der Waals surface area contributed by atoms with Crippen LogP contribution in [0.25, 0.3) is 0 Å². The lowest BCUT2D eigenvalue weighted by atomic mass is 10.1. The lowest BCUT2D eigenvalue weighted by Gasteiger charge is -2.15.